The molecular formula is C41H48N4O7. The van der Waals surface area contributed by atoms with Crippen molar-refractivity contribution in [2.24, 2.45) is 11.8 Å². The highest BCUT2D eigenvalue weighted by Crippen LogP contribution is 2.26. The number of aromatic nitrogens is 2. The number of hydrogen-bond donors (Lipinski definition) is 3. The SMILES string of the molecule is COC(=O)[C@H](Cc1c[nH]c2ccccc12)N1CC[C@H](C)C1=O.COC(=O)[C@H](Cc1c[nH]c2ccccc12)NCC[C@H](C)C(=O)OCc1ccccc1. The lowest BCUT2D eigenvalue weighted by molar-refractivity contribution is -0.151. The molecule has 0 bridgehead atoms. The standard InChI is InChI=1S/C24H28N2O4.C17H20N2O3/c1-17(23(27)30-16-18-8-4-3-5-9-18)12-13-25-22(24(28)29-2)14-19-15-26-21-11-7-6-10-20(19)21;1-11-7-8-19(16(11)20)15(17(21)22-2)9-12-10-18-14-6-4-3-5-13(12)14/h3-11,15,17,22,25-26H,12-14,16H2,1-2H3;3-6,10-11,15,18H,7-9H2,1-2H3/t17-,22-;11-,15-/m00/s1. The van der Waals surface area contributed by atoms with Gasteiger partial charge in [0.15, 0.2) is 0 Å². The molecule has 1 amide bonds. The van der Waals surface area contributed by atoms with Gasteiger partial charge >= 0.3 is 17.9 Å². The first kappa shape index (κ1) is 37.8. The largest absolute Gasteiger partial charge is 0.468 e. The van der Waals surface area contributed by atoms with Gasteiger partial charge in [0.25, 0.3) is 0 Å². The Bertz CT molecular complexity index is 1950. The van der Waals surface area contributed by atoms with Gasteiger partial charge in [-0.3, -0.25) is 14.4 Å². The Balaban J connectivity index is 0.000000210. The minimum Gasteiger partial charge on any atom is -0.468 e. The molecule has 0 aliphatic carbocycles. The van der Waals surface area contributed by atoms with Gasteiger partial charge in [-0.1, -0.05) is 80.6 Å². The Morgan fingerprint density at radius 3 is 1.96 bits per heavy atom. The average molecular weight is 709 g/mol. The van der Waals surface area contributed by atoms with Crippen molar-refractivity contribution >= 4 is 45.6 Å². The molecule has 0 unspecified atom stereocenters. The summed E-state index contributed by atoms with van der Waals surface area (Å²) in [5, 5.41) is 5.41. The molecule has 52 heavy (non-hydrogen) atoms. The van der Waals surface area contributed by atoms with Gasteiger partial charge in [0.05, 0.1) is 20.1 Å². The zero-order chi connectivity index (χ0) is 37.0. The molecule has 1 fully saturated rings. The molecule has 5 aromatic rings. The Hall–Kier alpha value is -5.42. The second kappa shape index (κ2) is 18.2. The minimum absolute atomic E-state index is 0.0184. The van der Waals surface area contributed by atoms with E-state index in [4.69, 9.17) is 14.2 Å². The normalized spacial score (nSPS) is 15.8. The number of para-hydroxylation sites is 2. The number of amides is 1. The molecule has 0 spiro atoms. The molecule has 11 nitrogen and oxygen atoms in total. The number of carbonyl (C=O) groups excluding carboxylic acids is 4. The van der Waals surface area contributed by atoms with E-state index in [-0.39, 0.29) is 42.3 Å². The Morgan fingerprint density at radius 1 is 0.808 bits per heavy atom. The summed E-state index contributed by atoms with van der Waals surface area (Å²) in [7, 11) is 2.75. The van der Waals surface area contributed by atoms with Crippen molar-refractivity contribution in [3.05, 3.63) is 108 Å². The number of nitrogens with one attached hydrogen (secondary N) is 3. The van der Waals surface area contributed by atoms with Crippen LogP contribution in [0.1, 0.15) is 43.4 Å². The molecule has 6 rings (SSSR count). The van der Waals surface area contributed by atoms with E-state index in [0.717, 1.165) is 44.9 Å². The first-order chi connectivity index (χ1) is 25.2. The zero-order valence-electron chi connectivity index (χ0n) is 30.2. The van der Waals surface area contributed by atoms with Crippen LogP contribution in [0.4, 0.5) is 0 Å². The Kier molecular flexibility index (Phi) is 13.2. The summed E-state index contributed by atoms with van der Waals surface area (Å²) in [4.78, 5) is 57.0. The second-order valence-corrected chi connectivity index (χ2v) is 13.2. The van der Waals surface area contributed by atoms with Crippen molar-refractivity contribution in [2.45, 2.75) is 58.2 Å². The summed E-state index contributed by atoms with van der Waals surface area (Å²) in [5.41, 5.74) is 5.09. The number of ether oxygens (including phenoxy) is 3. The fourth-order valence-electron chi connectivity index (χ4n) is 6.49. The van der Waals surface area contributed by atoms with Crippen LogP contribution < -0.4 is 5.32 Å². The minimum atomic E-state index is -0.554. The third-order valence-electron chi connectivity index (χ3n) is 9.62. The molecule has 1 aliphatic heterocycles. The number of esters is 3. The summed E-state index contributed by atoms with van der Waals surface area (Å²) in [6.07, 6.45) is 6.16. The third kappa shape index (κ3) is 9.46. The van der Waals surface area contributed by atoms with E-state index in [2.05, 4.69) is 15.3 Å². The number of methoxy groups -OCH3 is 2. The Labute approximate surface area is 304 Å². The maximum absolute atomic E-state index is 12.3. The molecule has 1 saturated heterocycles. The van der Waals surface area contributed by atoms with Crippen LogP contribution in [0, 0.1) is 11.8 Å². The fourth-order valence-corrected chi connectivity index (χ4v) is 6.49. The molecule has 3 aromatic carbocycles. The number of rotatable bonds is 14. The topological polar surface area (TPSA) is 143 Å². The van der Waals surface area contributed by atoms with Gasteiger partial charge in [-0.25, -0.2) is 4.79 Å². The average Bonchev–Trinajstić information content (AvgIpc) is 3.88. The van der Waals surface area contributed by atoms with Crippen molar-refractivity contribution < 1.29 is 33.4 Å². The lowest BCUT2D eigenvalue weighted by Gasteiger charge is -2.25. The van der Waals surface area contributed by atoms with Crippen LogP contribution in [0.5, 0.6) is 0 Å². The quantitative estimate of drug-likeness (QED) is 0.0981. The van der Waals surface area contributed by atoms with Crippen LogP contribution in [0.2, 0.25) is 0 Å². The number of H-pyrrole nitrogens is 2. The van der Waals surface area contributed by atoms with Crippen LogP contribution in [0.15, 0.2) is 91.3 Å². The Morgan fingerprint density at radius 2 is 1.38 bits per heavy atom. The number of fused-ring (bicyclic) bond motifs is 2. The van der Waals surface area contributed by atoms with E-state index in [1.807, 2.05) is 105 Å². The van der Waals surface area contributed by atoms with E-state index >= 15 is 0 Å². The highest BCUT2D eigenvalue weighted by atomic mass is 16.5. The van der Waals surface area contributed by atoms with E-state index in [1.54, 1.807) is 4.90 Å². The summed E-state index contributed by atoms with van der Waals surface area (Å²) >= 11 is 0. The lowest BCUT2D eigenvalue weighted by Crippen LogP contribution is -2.44. The smallest absolute Gasteiger partial charge is 0.328 e. The molecule has 274 valence electrons. The van der Waals surface area contributed by atoms with Gasteiger partial charge in [0.2, 0.25) is 5.91 Å². The van der Waals surface area contributed by atoms with Gasteiger partial charge in [-0.05, 0) is 48.2 Å². The molecule has 4 atom stereocenters. The molecule has 0 radical (unpaired) electrons. The first-order valence-corrected chi connectivity index (χ1v) is 17.7. The summed E-state index contributed by atoms with van der Waals surface area (Å²) < 4.78 is 15.3. The summed E-state index contributed by atoms with van der Waals surface area (Å²) in [5.74, 6) is -1.17. The zero-order valence-corrected chi connectivity index (χ0v) is 30.2. The predicted octanol–water partition coefficient (Wildman–Crippen LogP) is 5.73. The number of nitrogens with zero attached hydrogens (tertiary/aromatic N) is 1. The van der Waals surface area contributed by atoms with Crippen LogP contribution in [0.25, 0.3) is 21.8 Å². The number of likely N-dealkylation sites (tertiary alicyclic amines) is 1. The second-order valence-electron chi connectivity index (χ2n) is 13.2. The molecule has 3 N–H and O–H groups in total. The van der Waals surface area contributed by atoms with Gasteiger partial charge in [-0.15, -0.1) is 0 Å². The van der Waals surface area contributed by atoms with Crippen molar-refractivity contribution in [1.29, 1.82) is 0 Å². The maximum Gasteiger partial charge on any atom is 0.328 e. The fraction of sp³-hybridized carbons (Fsp3) is 0.366. The van der Waals surface area contributed by atoms with E-state index < -0.39 is 12.1 Å². The lowest BCUT2D eigenvalue weighted by atomic mass is 10.0. The van der Waals surface area contributed by atoms with Gasteiger partial charge in [-0.2, -0.15) is 0 Å². The van der Waals surface area contributed by atoms with Crippen LogP contribution in [0.3, 0.4) is 0 Å². The molecule has 2 aromatic heterocycles. The monoisotopic (exact) mass is 708 g/mol. The van der Waals surface area contributed by atoms with E-state index in [1.165, 1.54) is 14.2 Å². The van der Waals surface area contributed by atoms with Gasteiger partial charge < -0.3 is 34.4 Å². The molecule has 3 heterocycles. The van der Waals surface area contributed by atoms with E-state index in [0.29, 0.717) is 32.4 Å². The maximum atomic E-state index is 12.3. The van der Waals surface area contributed by atoms with Crippen molar-refractivity contribution in [1.82, 2.24) is 20.2 Å². The highest BCUT2D eigenvalue weighted by Gasteiger charge is 2.37. The highest BCUT2D eigenvalue weighted by molar-refractivity contribution is 5.89. The van der Waals surface area contributed by atoms with Gasteiger partial charge in [0.1, 0.15) is 18.7 Å². The number of hydrogen-bond acceptors (Lipinski definition) is 8. The number of benzene rings is 3. The number of aromatic amines is 2. The molecular weight excluding hydrogens is 660 g/mol. The van der Waals surface area contributed by atoms with Crippen molar-refractivity contribution in [3.8, 4) is 0 Å². The van der Waals surface area contributed by atoms with Crippen molar-refractivity contribution in [2.75, 3.05) is 27.3 Å². The first-order valence-electron chi connectivity index (χ1n) is 17.7. The van der Waals surface area contributed by atoms with Crippen molar-refractivity contribution in [3.63, 3.8) is 0 Å². The number of carbonyl (C=O) groups is 4. The van der Waals surface area contributed by atoms with Crippen LogP contribution >= 0.6 is 0 Å². The third-order valence-corrected chi connectivity index (χ3v) is 9.62. The van der Waals surface area contributed by atoms with Gasteiger partial charge in [0, 0.05) is 59.5 Å². The molecule has 1 aliphatic rings. The van der Waals surface area contributed by atoms with E-state index in [9.17, 15) is 19.2 Å². The summed E-state index contributed by atoms with van der Waals surface area (Å²) in [6, 6.07) is 24.5. The summed E-state index contributed by atoms with van der Waals surface area (Å²) in [6.45, 7) is 5.12. The predicted molar refractivity (Wildman–Crippen MR) is 199 cm³/mol. The molecule has 11 heteroatoms. The van der Waals surface area contributed by atoms with Crippen LogP contribution in [-0.4, -0.2) is 78.1 Å². The van der Waals surface area contributed by atoms with Crippen LogP contribution in [-0.2, 0) is 52.8 Å². The molecule has 0 saturated carbocycles.